The number of nitrogens with one attached hydrogen (secondary N) is 1. The lowest BCUT2D eigenvalue weighted by atomic mass is 10.1. The number of carbonyl (C=O) groups excluding carboxylic acids is 1. The molecule has 5 nitrogen and oxygen atoms in total. The molecule has 0 atom stereocenters. The number of fused-ring (bicyclic) bond motifs is 1. The Balaban J connectivity index is 2.35. The molecule has 0 radical (unpaired) electrons. The van der Waals surface area contributed by atoms with E-state index in [0.717, 1.165) is 24.6 Å². The molecule has 0 aliphatic carbocycles. The number of benzene rings is 1. The first kappa shape index (κ1) is 16.2. The Morgan fingerprint density at radius 3 is 2.73 bits per heavy atom. The zero-order valence-corrected chi connectivity index (χ0v) is 12.8. The largest absolute Gasteiger partial charge is 0.395 e. The smallest absolute Gasteiger partial charge is 0.254 e. The SMILES string of the molecule is CCCCCN(CCO)C(=O)c1cc(=O)[nH]c2ccccc12. The third kappa shape index (κ3) is 3.74. The second kappa shape index (κ2) is 7.75. The van der Waals surface area contributed by atoms with Crippen LogP contribution in [0, 0.1) is 0 Å². The standard InChI is InChI=1S/C17H22N2O3/c1-2-3-6-9-19(10-11-20)17(22)14-12-16(21)18-15-8-5-4-7-13(14)15/h4-5,7-8,12,20H,2-3,6,9-11H2,1H3,(H,18,21). The number of hydrogen-bond acceptors (Lipinski definition) is 3. The molecule has 1 heterocycles. The zero-order chi connectivity index (χ0) is 15.9. The Morgan fingerprint density at radius 2 is 2.00 bits per heavy atom. The van der Waals surface area contributed by atoms with Gasteiger partial charge in [-0.25, -0.2) is 0 Å². The highest BCUT2D eigenvalue weighted by Gasteiger charge is 2.18. The average Bonchev–Trinajstić information content (AvgIpc) is 2.52. The van der Waals surface area contributed by atoms with Gasteiger partial charge in [-0.05, 0) is 12.5 Å². The maximum Gasteiger partial charge on any atom is 0.254 e. The molecule has 2 rings (SSSR count). The van der Waals surface area contributed by atoms with Crippen molar-refractivity contribution in [1.82, 2.24) is 9.88 Å². The number of pyridine rings is 1. The summed E-state index contributed by atoms with van der Waals surface area (Å²) in [6, 6.07) is 8.60. The highest BCUT2D eigenvalue weighted by atomic mass is 16.3. The quantitative estimate of drug-likeness (QED) is 0.770. The normalized spacial score (nSPS) is 10.8. The lowest BCUT2D eigenvalue weighted by Gasteiger charge is -2.22. The highest BCUT2D eigenvalue weighted by Crippen LogP contribution is 2.17. The lowest BCUT2D eigenvalue weighted by Crippen LogP contribution is -2.35. The minimum atomic E-state index is -0.292. The molecule has 0 unspecified atom stereocenters. The first-order chi connectivity index (χ1) is 10.7. The van der Waals surface area contributed by atoms with Crippen LogP contribution in [0.4, 0.5) is 0 Å². The van der Waals surface area contributed by atoms with Gasteiger partial charge in [0.25, 0.3) is 5.91 Å². The molecule has 2 N–H and O–H groups in total. The van der Waals surface area contributed by atoms with E-state index in [0.29, 0.717) is 17.6 Å². The maximum absolute atomic E-state index is 12.8. The third-order valence-corrected chi connectivity index (χ3v) is 3.67. The number of aliphatic hydroxyl groups excluding tert-OH is 1. The molecule has 1 aromatic heterocycles. The summed E-state index contributed by atoms with van der Waals surface area (Å²) in [7, 11) is 0. The van der Waals surface area contributed by atoms with E-state index in [1.54, 1.807) is 11.0 Å². The van der Waals surface area contributed by atoms with Crippen molar-refractivity contribution >= 4 is 16.8 Å². The van der Waals surface area contributed by atoms with Crippen LogP contribution in [-0.2, 0) is 0 Å². The number of H-pyrrole nitrogens is 1. The summed E-state index contributed by atoms with van der Waals surface area (Å²) in [5.74, 6) is -0.201. The number of aromatic amines is 1. The molecule has 5 heteroatoms. The second-order valence-corrected chi connectivity index (χ2v) is 5.32. The van der Waals surface area contributed by atoms with Gasteiger partial charge in [-0.2, -0.15) is 0 Å². The number of para-hydroxylation sites is 1. The minimum absolute atomic E-state index is 0.0843. The van der Waals surface area contributed by atoms with Crippen LogP contribution in [-0.4, -0.2) is 40.6 Å². The Bertz CT molecular complexity index is 694. The summed E-state index contributed by atoms with van der Waals surface area (Å²) in [5, 5.41) is 9.92. The van der Waals surface area contributed by atoms with E-state index < -0.39 is 0 Å². The summed E-state index contributed by atoms with van der Waals surface area (Å²) in [4.78, 5) is 28.9. The van der Waals surface area contributed by atoms with Crippen LogP contribution in [0.15, 0.2) is 35.1 Å². The maximum atomic E-state index is 12.8. The molecule has 0 aliphatic rings. The van der Waals surface area contributed by atoms with E-state index in [2.05, 4.69) is 11.9 Å². The van der Waals surface area contributed by atoms with Crippen LogP contribution in [0.2, 0.25) is 0 Å². The monoisotopic (exact) mass is 302 g/mol. The predicted octanol–water partition coefficient (Wildman–Crippen LogP) is 2.15. The Labute approximate surface area is 129 Å². The second-order valence-electron chi connectivity index (χ2n) is 5.32. The van der Waals surface area contributed by atoms with Gasteiger partial charge in [0, 0.05) is 30.1 Å². The van der Waals surface area contributed by atoms with Gasteiger partial charge in [-0.3, -0.25) is 9.59 Å². The van der Waals surface area contributed by atoms with E-state index in [9.17, 15) is 14.7 Å². The molecule has 1 amide bonds. The van der Waals surface area contributed by atoms with Crippen molar-refractivity contribution in [3.8, 4) is 0 Å². The van der Waals surface area contributed by atoms with Crippen molar-refractivity contribution in [1.29, 1.82) is 0 Å². The number of unbranched alkanes of at least 4 members (excludes halogenated alkanes) is 2. The summed E-state index contributed by atoms with van der Waals surface area (Å²) < 4.78 is 0. The molecule has 0 bridgehead atoms. The van der Waals surface area contributed by atoms with Crippen molar-refractivity contribution in [2.24, 2.45) is 0 Å². The van der Waals surface area contributed by atoms with Gasteiger partial charge in [0.15, 0.2) is 0 Å². The van der Waals surface area contributed by atoms with Gasteiger partial charge in [0.05, 0.1) is 12.2 Å². The Morgan fingerprint density at radius 1 is 1.23 bits per heavy atom. The average molecular weight is 302 g/mol. The number of aromatic nitrogens is 1. The molecule has 0 aliphatic heterocycles. The minimum Gasteiger partial charge on any atom is -0.395 e. The summed E-state index contributed by atoms with van der Waals surface area (Å²) in [5.41, 5.74) is 0.750. The molecule has 118 valence electrons. The van der Waals surface area contributed by atoms with Gasteiger partial charge in [0.1, 0.15) is 0 Å². The zero-order valence-electron chi connectivity index (χ0n) is 12.8. The molecule has 22 heavy (non-hydrogen) atoms. The predicted molar refractivity (Wildman–Crippen MR) is 87.1 cm³/mol. The number of aliphatic hydroxyl groups is 1. The van der Waals surface area contributed by atoms with Crippen LogP contribution in [0.5, 0.6) is 0 Å². The topological polar surface area (TPSA) is 73.4 Å². The highest BCUT2D eigenvalue weighted by molar-refractivity contribution is 6.05. The molecular weight excluding hydrogens is 280 g/mol. The van der Waals surface area contributed by atoms with E-state index in [4.69, 9.17) is 0 Å². The molecule has 1 aromatic carbocycles. The van der Waals surface area contributed by atoms with Crippen LogP contribution in [0.1, 0.15) is 36.5 Å². The molecule has 0 fully saturated rings. The number of hydrogen-bond donors (Lipinski definition) is 2. The lowest BCUT2D eigenvalue weighted by molar-refractivity contribution is 0.0720. The van der Waals surface area contributed by atoms with Gasteiger partial charge >= 0.3 is 0 Å². The summed E-state index contributed by atoms with van der Waals surface area (Å²) in [6.45, 7) is 2.89. The fourth-order valence-corrected chi connectivity index (χ4v) is 2.54. The summed E-state index contributed by atoms with van der Waals surface area (Å²) >= 11 is 0. The Hall–Kier alpha value is -2.14. The first-order valence-electron chi connectivity index (χ1n) is 7.69. The summed E-state index contributed by atoms with van der Waals surface area (Å²) in [6.07, 6.45) is 2.99. The molecule has 0 spiro atoms. The van der Waals surface area contributed by atoms with Gasteiger partial charge < -0.3 is 15.0 Å². The van der Waals surface area contributed by atoms with Crippen LogP contribution < -0.4 is 5.56 Å². The van der Waals surface area contributed by atoms with E-state index in [1.807, 2.05) is 18.2 Å². The van der Waals surface area contributed by atoms with Gasteiger partial charge in [-0.1, -0.05) is 38.0 Å². The Kier molecular flexibility index (Phi) is 5.72. The van der Waals surface area contributed by atoms with Crippen molar-refractivity contribution in [3.05, 3.63) is 46.2 Å². The van der Waals surface area contributed by atoms with E-state index >= 15 is 0 Å². The molecular formula is C17H22N2O3. The van der Waals surface area contributed by atoms with Crippen molar-refractivity contribution < 1.29 is 9.90 Å². The molecule has 0 saturated carbocycles. The van der Waals surface area contributed by atoms with Crippen LogP contribution in [0.25, 0.3) is 10.9 Å². The molecule has 2 aromatic rings. The first-order valence-corrected chi connectivity index (χ1v) is 7.69. The van der Waals surface area contributed by atoms with Crippen molar-refractivity contribution in [2.45, 2.75) is 26.2 Å². The van der Waals surface area contributed by atoms with E-state index in [1.165, 1.54) is 6.07 Å². The number of carbonyl (C=O) groups is 1. The number of amides is 1. The van der Waals surface area contributed by atoms with Gasteiger partial charge in [0.2, 0.25) is 5.56 Å². The number of rotatable bonds is 7. The molecule has 0 saturated heterocycles. The fraction of sp³-hybridized carbons (Fsp3) is 0.412. The van der Waals surface area contributed by atoms with Crippen LogP contribution in [0.3, 0.4) is 0 Å². The van der Waals surface area contributed by atoms with Gasteiger partial charge in [-0.15, -0.1) is 0 Å². The van der Waals surface area contributed by atoms with Crippen molar-refractivity contribution in [3.63, 3.8) is 0 Å². The fourth-order valence-electron chi connectivity index (χ4n) is 2.54. The van der Waals surface area contributed by atoms with E-state index in [-0.39, 0.29) is 24.6 Å². The number of nitrogens with zero attached hydrogens (tertiary/aromatic N) is 1. The van der Waals surface area contributed by atoms with Crippen molar-refractivity contribution in [2.75, 3.05) is 19.7 Å². The third-order valence-electron chi connectivity index (χ3n) is 3.67. The van der Waals surface area contributed by atoms with Crippen LogP contribution >= 0.6 is 0 Å².